The molecular weight excluding hydrogens is 304 g/mol. The van der Waals surface area contributed by atoms with Crippen molar-refractivity contribution in [2.24, 2.45) is 0 Å². The number of rotatable bonds is 4. The number of carbonyl (C=O) groups is 1. The van der Waals surface area contributed by atoms with E-state index in [9.17, 15) is 4.79 Å². The molecule has 0 bridgehead atoms. The van der Waals surface area contributed by atoms with Crippen molar-refractivity contribution < 1.29 is 14.3 Å². The van der Waals surface area contributed by atoms with Crippen LogP contribution in [0.5, 0.6) is 5.88 Å². The molecule has 1 aliphatic rings. The molecule has 3 rings (SSSR count). The molecule has 0 saturated carbocycles. The highest BCUT2D eigenvalue weighted by Crippen LogP contribution is 2.17. The number of amides is 1. The summed E-state index contributed by atoms with van der Waals surface area (Å²) in [5, 5.41) is 0. The summed E-state index contributed by atoms with van der Waals surface area (Å²) in [6.07, 6.45) is 1.71. The Kier molecular flexibility index (Phi) is 5.11. The maximum Gasteiger partial charge on any atom is 0.254 e. The molecule has 1 aliphatic heterocycles. The maximum atomic E-state index is 12.7. The Labute approximate surface area is 142 Å². The third-order valence-corrected chi connectivity index (χ3v) is 3.92. The molecule has 5 nitrogen and oxygen atoms in total. The van der Waals surface area contributed by atoms with Crippen LogP contribution in [0, 0.1) is 0 Å². The molecule has 0 unspecified atom stereocenters. The third-order valence-electron chi connectivity index (χ3n) is 3.92. The summed E-state index contributed by atoms with van der Waals surface area (Å²) in [6.45, 7) is 5.60. The van der Waals surface area contributed by atoms with Crippen molar-refractivity contribution in [1.82, 2.24) is 9.88 Å². The highest BCUT2D eigenvalue weighted by atomic mass is 16.5. The second-order valence-corrected chi connectivity index (χ2v) is 6.12. The topological polar surface area (TPSA) is 51.7 Å². The smallest absolute Gasteiger partial charge is 0.254 e. The van der Waals surface area contributed by atoms with Crippen LogP contribution in [0.25, 0.3) is 0 Å². The summed E-state index contributed by atoms with van der Waals surface area (Å²) in [6, 6.07) is 13.3. The molecule has 1 saturated heterocycles. The van der Waals surface area contributed by atoms with Gasteiger partial charge in [0.2, 0.25) is 5.88 Å². The quantitative estimate of drug-likeness (QED) is 0.867. The molecule has 5 heteroatoms. The van der Waals surface area contributed by atoms with E-state index in [-0.39, 0.29) is 18.1 Å². The Morgan fingerprint density at radius 2 is 1.92 bits per heavy atom. The van der Waals surface area contributed by atoms with E-state index in [2.05, 4.69) is 4.98 Å². The Morgan fingerprint density at radius 1 is 1.21 bits per heavy atom. The summed E-state index contributed by atoms with van der Waals surface area (Å²) < 4.78 is 11.4. The molecular formula is C19H22N2O3. The zero-order chi connectivity index (χ0) is 16.9. The average molecular weight is 326 g/mol. The summed E-state index contributed by atoms with van der Waals surface area (Å²) >= 11 is 0. The normalized spacial score (nSPS) is 20.7. The Bertz CT molecular complexity index is 680. The molecule has 24 heavy (non-hydrogen) atoms. The van der Waals surface area contributed by atoms with Crippen molar-refractivity contribution in [2.75, 3.05) is 13.1 Å². The first-order valence-corrected chi connectivity index (χ1v) is 8.19. The number of benzene rings is 1. The number of ether oxygens (including phenoxy) is 2. The largest absolute Gasteiger partial charge is 0.473 e. The van der Waals surface area contributed by atoms with Crippen LogP contribution >= 0.6 is 0 Å². The number of nitrogens with zero attached hydrogens (tertiary/aromatic N) is 2. The molecule has 126 valence electrons. The Hall–Kier alpha value is -2.40. The fourth-order valence-electron chi connectivity index (χ4n) is 2.88. The molecule has 1 aromatic carbocycles. The number of hydrogen-bond donors (Lipinski definition) is 0. The lowest BCUT2D eigenvalue weighted by molar-refractivity contribution is -0.0586. The monoisotopic (exact) mass is 326 g/mol. The van der Waals surface area contributed by atoms with Gasteiger partial charge in [0, 0.05) is 30.9 Å². The third kappa shape index (κ3) is 4.11. The maximum absolute atomic E-state index is 12.7. The van der Waals surface area contributed by atoms with E-state index in [0.717, 1.165) is 5.56 Å². The number of carbonyl (C=O) groups excluding carboxylic acids is 1. The molecule has 1 fully saturated rings. The predicted octanol–water partition coefficient (Wildman–Crippen LogP) is 2.91. The first kappa shape index (κ1) is 16.5. The molecule has 1 aromatic heterocycles. The van der Waals surface area contributed by atoms with Crippen LogP contribution in [0.1, 0.15) is 29.8 Å². The molecule has 1 amide bonds. The van der Waals surface area contributed by atoms with Gasteiger partial charge in [0.05, 0.1) is 12.2 Å². The van der Waals surface area contributed by atoms with Crippen molar-refractivity contribution in [1.29, 1.82) is 0 Å². The van der Waals surface area contributed by atoms with E-state index in [4.69, 9.17) is 9.47 Å². The SMILES string of the molecule is C[C@@H]1CN(C(=O)c2ccnc(OCc3ccccc3)c2)C[C@H](C)O1. The summed E-state index contributed by atoms with van der Waals surface area (Å²) in [5.41, 5.74) is 1.65. The van der Waals surface area contributed by atoms with E-state index < -0.39 is 0 Å². The van der Waals surface area contributed by atoms with E-state index in [1.54, 1.807) is 18.3 Å². The summed E-state index contributed by atoms with van der Waals surface area (Å²) in [4.78, 5) is 18.7. The minimum atomic E-state index is -0.0102. The Morgan fingerprint density at radius 3 is 2.62 bits per heavy atom. The zero-order valence-electron chi connectivity index (χ0n) is 14.0. The lowest BCUT2D eigenvalue weighted by Gasteiger charge is -2.35. The van der Waals surface area contributed by atoms with Gasteiger partial charge in [-0.05, 0) is 25.5 Å². The van der Waals surface area contributed by atoms with Gasteiger partial charge in [-0.3, -0.25) is 4.79 Å². The highest BCUT2D eigenvalue weighted by molar-refractivity contribution is 5.94. The second kappa shape index (κ2) is 7.45. The lowest BCUT2D eigenvalue weighted by Crippen LogP contribution is -2.48. The van der Waals surface area contributed by atoms with Gasteiger partial charge in [0.25, 0.3) is 5.91 Å². The molecule has 2 heterocycles. The number of pyridine rings is 1. The fourth-order valence-corrected chi connectivity index (χ4v) is 2.88. The van der Waals surface area contributed by atoms with Gasteiger partial charge in [-0.15, -0.1) is 0 Å². The van der Waals surface area contributed by atoms with Crippen LogP contribution in [-0.2, 0) is 11.3 Å². The Balaban J connectivity index is 1.67. The summed E-state index contributed by atoms with van der Waals surface area (Å²) in [7, 11) is 0. The van der Waals surface area contributed by atoms with Gasteiger partial charge in [0.15, 0.2) is 0 Å². The van der Waals surface area contributed by atoms with E-state index in [0.29, 0.717) is 31.1 Å². The lowest BCUT2D eigenvalue weighted by atomic mass is 10.1. The van der Waals surface area contributed by atoms with Crippen LogP contribution < -0.4 is 4.74 Å². The van der Waals surface area contributed by atoms with Crippen LogP contribution in [0.15, 0.2) is 48.7 Å². The van der Waals surface area contributed by atoms with Gasteiger partial charge >= 0.3 is 0 Å². The van der Waals surface area contributed by atoms with Gasteiger partial charge in [0.1, 0.15) is 6.61 Å². The zero-order valence-corrected chi connectivity index (χ0v) is 14.0. The van der Waals surface area contributed by atoms with Gasteiger partial charge < -0.3 is 14.4 Å². The first-order valence-electron chi connectivity index (χ1n) is 8.19. The number of aromatic nitrogens is 1. The predicted molar refractivity (Wildman–Crippen MR) is 90.9 cm³/mol. The summed E-state index contributed by atoms with van der Waals surface area (Å²) in [5.74, 6) is 0.447. The number of hydrogen-bond acceptors (Lipinski definition) is 4. The minimum Gasteiger partial charge on any atom is -0.473 e. The van der Waals surface area contributed by atoms with Crippen molar-refractivity contribution >= 4 is 5.91 Å². The standard InChI is InChI=1S/C19H22N2O3/c1-14-11-21(12-15(2)24-14)19(22)17-8-9-20-18(10-17)23-13-16-6-4-3-5-7-16/h3-10,14-15H,11-13H2,1-2H3/t14-,15+. The van der Waals surface area contributed by atoms with E-state index in [1.165, 1.54) is 0 Å². The molecule has 2 aromatic rings. The van der Waals surface area contributed by atoms with Crippen LogP contribution in [0.4, 0.5) is 0 Å². The molecule has 2 atom stereocenters. The van der Waals surface area contributed by atoms with Crippen molar-refractivity contribution in [3.05, 3.63) is 59.8 Å². The van der Waals surface area contributed by atoms with Gasteiger partial charge in [-0.1, -0.05) is 30.3 Å². The number of morpholine rings is 1. The van der Waals surface area contributed by atoms with Gasteiger partial charge in [-0.25, -0.2) is 4.98 Å². The average Bonchev–Trinajstić information content (AvgIpc) is 2.59. The van der Waals surface area contributed by atoms with Crippen LogP contribution in [-0.4, -0.2) is 41.1 Å². The van der Waals surface area contributed by atoms with E-state index >= 15 is 0 Å². The van der Waals surface area contributed by atoms with Crippen LogP contribution in [0.2, 0.25) is 0 Å². The van der Waals surface area contributed by atoms with E-state index in [1.807, 2.05) is 49.1 Å². The first-order chi connectivity index (χ1) is 11.6. The fraction of sp³-hybridized carbons (Fsp3) is 0.368. The van der Waals surface area contributed by atoms with Crippen molar-refractivity contribution in [3.63, 3.8) is 0 Å². The molecule has 0 aliphatic carbocycles. The van der Waals surface area contributed by atoms with Crippen molar-refractivity contribution in [3.8, 4) is 5.88 Å². The molecule has 0 spiro atoms. The van der Waals surface area contributed by atoms with Crippen LogP contribution in [0.3, 0.4) is 0 Å². The highest BCUT2D eigenvalue weighted by Gasteiger charge is 2.26. The van der Waals surface area contributed by atoms with Crippen molar-refractivity contribution in [2.45, 2.75) is 32.7 Å². The molecule has 0 N–H and O–H groups in total. The molecule has 0 radical (unpaired) electrons. The second-order valence-electron chi connectivity index (χ2n) is 6.12. The minimum absolute atomic E-state index is 0.0102. The van der Waals surface area contributed by atoms with Gasteiger partial charge in [-0.2, -0.15) is 0 Å².